The highest BCUT2D eigenvalue weighted by atomic mass is 28.4. The Morgan fingerprint density at radius 2 is 1.47 bits per heavy atom. The van der Waals surface area contributed by atoms with Crippen LogP contribution in [0.3, 0.4) is 0 Å². The average Bonchev–Trinajstić information content (AvgIpc) is 3.59. The fourth-order valence-electron chi connectivity index (χ4n) is 6.53. The van der Waals surface area contributed by atoms with Crippen molar-refractivity contribution < 1.29 is 47.5 Å². The van der Waals surface area contributed by atoms with Crippen molar-refractivity contribution in [3.05, 3.63) is 42.0 Å². The van der Waals surface area contributed by atoms with Gasteiger partial charge < -0.3 is 38.0 Å². The number of methoxy groups -OCH3 is 1. The number of hydrogen-bond donors (Lipinski definition) is 1. The third-order valence-electron chi connectivity index (χ3n) is 8.99. The van der Waals surface area contributed by atoms with Crippen molar-refractivity contribution in [3.8, 4) is 5.75 Å². The summed E-state index contributed by atoms with van der Waals surface area (Å²) < 4.78 is 42.2. The number of aliphatic hydroxyl groups is 1. The van der Waals surface area contributed by atoms with E-state index in [1.807, 2.05) is 43.9 Å². The number of aliphatic hydroxyl groups excluding tert-OH is 1. The summed E-state index contributed by atoms with van der Waals surface area (Å²) in [6, 6.07) is 7.52. The number of carbonyl (C=O) groups excluding carboxylic acids is 2. The summed E-state index contributed by atoms with van der Waals surface area (Å²) >= 11 is 0. The normalized spacial score (nSPS) is 17.1. The maximum absolute atomic E-state index is 14.6. The Morgan fingerprint density at radius 1 is 0.906 bits per heavy atom. The van der Waals surface area contributed by atoms with Crippen LogP contribution >= 0.6 is 0 Å². The Morgan fingerprint density at radius 3 is 2.00 bits per heavy atom. The van der Waals surface area contributed by atoms with Gasteiger partial charge in [0.05, 0.1) is 45.6 Å². The van der Waals surface area contributed by atoms with E-state index >= 15 is 0 Å². The molecule has 304 valence electrons. The van der Waals surface area contributed by atoms with E-state index in [9.17, 15) is 14.7 Å². The number of carbonyl (C=O) groups is 2. The zero-order chi connectivity index (χ0) is 39.9. The summed E-state index contributed by atoms with van der Waals surface area (Å²) in [4.78, 5) is 29.1. The highest BCUT2D eigenvalue weighted by Crippen LogP contribution is 2.40. The number of esters is 2. The Bertz CT molecular complexity index is 1240. The second-order valence-electron chi connectivity index (χ2n) is 17.3. The minimum Gasteiger partial charge on any atom is -0.497 e. The van der Waals surface area contributed by atoms with Crippen LogP contribution in [0.5, 0.6) is 5.75 Å². The van der Waals surface area contributed by atoms with Crippen LogP contribution in [-0.4, -0.2) is 81.5 Å². The second kappa shape index (κ2) is 21.7. The first-order valence-electron chi connectivity index (χ1n) is 19.7. The van der Waals surface area contributed by atoms with Gasteiger partial charge in [-0.05, 0) is 97.3 Å². The zero-order valence-corrected chi connectivity index (χ0v) is 35.8. The number of benzene rings is 1. The van der Waals surface area contributed by atoms with Crippen molar-refractivity contribution in [1.29, 1.82) is 0 Å². The van der Waals surface area contributed by atoms with E-state index in [1.165, 1.54) is 25.7 Å². The first-order valence-corrected chi connectivity index (χ1v) is 23.1. The molecule has 1 heterocycles. The Hall–Kier alpha value is -2.28. The van der Waals surface area contributed by atoms with Gasteiger partial charge in [-0.15, -0.1) is 0 Å². The number of rotatable bonds is 24. The van der Waals surface area contributed by atoms with Crippen LogP contribution in [0.1, 0.15) is 118 Å². The van der Waals surface area contributed by atoms with Gasteiger partial charge in [0.1, 0.15) is 17.0 Å². The lowest BCUT2D eigenvalue weighted by atomic mass is 9.77. The molecule has 0 spiro atoms. The average molecular weight is 765 g/mol. The van der Waals surface area contributed by atoms with Crippen LogP contribution in [0.15, 0.2) is 36.4 Å². The number of ether oxygens (including phenoxy) is 6. The summed E-state index contributed by atoms with van der Waals surface area (Å²) in [6.07, 6.45) is 6.77. The quantitative estimate of drug-likeness (QED) is 0.0473. The molecule has 1 N–H and O–H groups in total. The molecule has 0 aliphatic carbocycles. The van der Waals surface area contributed by atoms with Crippen molar-refractivity contribution in [2.75, 3.05) is 26.9 Å². The lowest BCUT2D eigenvalue weighted by Gasteiger charge is -2.44. The van der Waals surface area contributed by atoms with Crippen molar-refractivity contribution in [1.82, 2.24) is 0 Å². The van der Waals surface area contributed by atoms with E-state index < -0.39 is 55.4 Å². The van der Waals surface area contributed by atoms with E-state index in [1.54, 1.807) is 48.7 Å². The Balaban J connectivity index is 2.52. The molecule has 10 nitrogen and oxygen atoms in total. The van der Waals surface area contributed by atoms with Gasteiger partial charge in [0.15, 0.2) is 20.2 Å². The van der Waals surface area contributed by atoms with Gasteiger partial charge in [-0.1, -0.05) is 70.6 Å². The van der Waals surface area contributed by atoms with E-state index in [0.29, 0.717) is 25.2 Å². The summed E-state index contributed by atoms with van der Waals surface area (Å²) in [5.41, 5.74) is -2.20. The maximum atomic E-state index is 14.6. The lowest BCUT2D eigenvalue weighted by Crippen LogP contribution is -2.59. The summed E-state index contributed by atoms with van der Waals surface area (Å²) in [6.45, 7) is 24.4. The molecule has 1 saturated heterocycles. The lowest BCUT2D eigenvalue weighted by molar-refractivity contribution is -0.195. The van der Waals surface area contributed by atoms with E-state index in [4.69, 9.17) is 32.8 Å². The molecule has 0 saturated carbocycles. The first kappa shape index (κ1) is 46.9. The molecule has 1 aliphatic heterocycles. The van der Waals surface area contributed by atoms with Crippen LogP contribution in [0, 0.1) is 11.8 Å². The van der Waals surface area contributed by atoms with Gasteiger partial charge in [0.25, 0.3) is 0 Å². The van der Waals surface area contributed by atoms with Crippen molar-refractivity contribution in [2.45, 2.75) is 168 Å². The molecule has 1 aromatic carbocycles. The monoisotopic (exact) mass is 764 g/mol. The minimum absolute atomic E-state index is 0.0122. The molecule has 1 aliphatic rings. The Kier molecular flexibility index (Phi) is 19.2. The summed E-state index contributed by atoms with van der Waals surface area (Å²) in [5, 5.41) is 12.0. The van der Waals surface area contributed by atoms with Crippen molar-refractivity contribution in [2.24, 2.45) is 11.8 Å². The highest BCUT2D eigenvalue weighted by molar-refractivity contribution is 6.70. The molecule has 53 heavy (non-hydrogen) atoms. The van der Waals surface area contributed by atoms with Crippen LogP contribution in [0.2, 0.25) is 19.6 Å². The molecular formula is C42H72O10Si. The number of unbranched alkanes of at least 4 members (excludes halogenated alkanes) is 6. The van der Waals surface area contributed by atoms with Crippen LogP contribution in [-0.2, 0) is 44.3 Å². The zero-order valence-electron chi connectivity index (χ0n) is 34.8. The van der Waals surface area contributed by atoms with Gasteiger partial charge in [0, 0.05) is 12.3 Å². The fraction of sp³-hybridized carbons (Fsp3) is 0.762. The van der Waals surface area contributed by atoms with E-state index in [2.05, 4.69) is 13.5 Å². The van der Waals surface area contributed by atoms with E-state index in [-0.39, 0.29) is 32.0 Å². The standard InChI is InChI=1S/C42H72O10Si/c1-13-14-15-16-17-18-19-20-34(38-48-27-28-49-38)31(2)36(43)29-35(37(44)50-40(3,4)5)42(52-53(10,11)12,39(45)51-41(6,7)8)25-26-47-30-32-21-23-33(46-9)24-22-32/h21-24,34-36,38,43H,2,13-20,25-30H2,1,3-12H3/t34?,35-,36?,42+/m1/s1. The first-order chi connectivity index (χ1) is 24.7. The smallest absolute Gasteiger partial charge is 0.338 e. The van der Waals surface area contributed by atoms with Crippen LogP contribution < -0.4 is 4.74 Å². The van der Waals surface area contributed by atoms with Gasteiger partial charge in [-0.3, -0.25) is 4.79 Å². The number of hydrogen-bond acceptors (Lipinski definition) is 10. The van der Waals surface area contributed by atoms with E-state index in [0.717, 1.165) is 30.6 Å². The third kappa shape index (κ3) is 17.0. The largest absolute Gasteiger partial charge is 0.497 e. The molecule has 2 rings (SSSR count). The predicted octanol–water partition coefficient (Wildman–Crippen LogP) is 8.93. The molecule has 0 aromatic heterocycles. The highest BCUT2D eigenvalue weighted by Gasteiger charge is 2.56. The van der Waals surface area contributed by atoms with Crippen LogP contribution in [0.4, 0.5) is 0 Å². The second-order valence-corrected chi connectivity index (χ2v) is 21.7. The summed E-state index contributed by atoms with van der Waals surface area (Å²) in [7, 11) is -0.999. The molecule has 11 heteroatoms. The molecular weight excluding hydrogens is 693 g/mol. The van der Waals surface area contributed by atoms with Crippen molar-refractivity contribution in [3.63, 3.8) is 0 Å². The van der Waals surface area contributed by atoms with Gasteiger partial charge in [0.2, 0.25) is 0 Å². The molecule has 1 aromatic rings. The minimum atomic E-state index is -2.61. The SMILES string of the molecule is C=C(C(O)C[C@H](C(=O)OC(C)(C)C)[C@](CCOCc1ccc(OC)cc1)(O[Si](C)(C)C)C(=O)OC(C)(C)C)C(CCCCCCCCC)C1OCCO1. The maximum Gasteiger partial charge on any atom is 0.338 e. The Labute approximate surface area is 321 Å². The summed E-state index contributed by atoms with van der Waals surface area (Å²) in [5.74, 6) is -2.19. The third-order valence-corrected chi connectivity index (χ3v) is 9.97. The van der Waals surface area contributed by atoms with Gasteiger partial charge in [-0.25, -0.2) is 4.79 Å². The molecule has 0 radical (unpaired) electrons. The molecule has 1 fully saturated rings. The molecule has 0 amide bonds. The predicted molar refractivity (Wildman–Crippen MR) is 211 cm³/mol. The molecule has 0 bridgehead atoms. The van der Waals surface area contributed by atoms with Gasteiger partial charge >= 0.3 is 11.9 Å². The molecule has 2 unspecified atom stereocenters. The molecule has 4 atom stereocenters. The topological polar surface area (TPSA) is 119 Å². The fourth-order valence-corrected chi connectivity index (χ4v) is 7.95. The van der Waals surface area contributed by atoms with Crippen LogP contribution in [0.25, 0.3) is 0 Å². The van der Waals surface area contributed by atoms with Gasteiger partial charge in [-0.2, -0.15) is 0 Å². The van der Waals surface area contributed by atoms with Crippen molar-refractivity contribution >= 4 is 20.3 Å².